The van der Waals surface area contributed by atoms with Crippen LogP contribution in [0.2, 0.25) is 5.15 Å². The number of thiophene rings is 1. The average molecular weight is 279 g/mol. The van der Waals surface area contributed by atoms with Gasteiger partial charge in [-0.2, -0.15) is 0 Å². The van der Waals surface area contributed by atoms with E-state index in [-0.39, 0.29) is 5.82 Å². The number of rotatable bonds is 1. The second-order valence-electron chi connectivity index (χ2n) is 3.94. The van der Waals surface area contributed by atoms with E-state index in [1.54, 1.807) is 6.07 Å². The molecule has 18 heavy (non-hydrogen) atoms. The Morgan fingerprint density at radius 3 is 2.83 bits per heavy atom. The third kappa shape index (κ3) is 1.87. The van der Waals surface area contributed by atoms with Gasteiger partial charge in [-0.3, -0.25) is 0 Å². The molecule has 0 unspecified atom stereocenters. The van der Waals surface area contributed by atoms with Crippen LogP contribution in [0, 0.1) is 12.7 Å². The first-order chi connectivity index (χ1) is 8.65. The minimum absolute atomic E-state index is 0.264. The van der Waals surface area contributed by atoms with E-state index in [0.717, 1.165) is 21.3 Å². The van der Waals surface area contributed by atoms with Gasteiger partial charge in [0.1, 0.15) is 15.8 Å². The molecule has 2 heterocycles. The molecular weight excluding hydrogens is 271 g/mol. The molecule has 1 aromatic carbocycles. The average Bonchev–Trinajstić information content (AvgIpc) is 2.77. The standard InChI is InChI=1S/C13H8ClFN2S/c1-7-6-8(15)2-3-9(7)12-16-11(14)10-4-5-18-13(10)17-12/h2-6H,1H3. The topological polar surface area (TPSA) is 25.8 Å². The quantitative estimate of drug-likeness (QED) is 0.614. The van der Waals surface area contributed by atoms with E-state index in [1.165, 1.54) is 23.5 Å². The molecule has 0 radical (unpaired) electrons. The van der Waals surface area contributed by atoms with Crippen LogP contribution in [0.4, 0.5) is 4.39 Å². The van der Waals surface area contributed by atoms with Crippen molar-refractivity contribution in [3.63, 3.8) is 0 Å². The monoisotopic (exact) mass is 278 g/mol. The summed E-state index contributed by atoms with van der Waals surface area (Å²) < 4.78 is 13.1. The third-order valence-electron chi connectivity index (χ3n) is 2.71. The van der Waals surface area contributed by atoms with Crippen molar-refractivity contribution in [2.45, 2.75) is 6.92 Å². The van der Waals surface area contributed by atoms with Gasteiger partial charge in [0.25, 0.3) is 0 Å². The lowest BCUT2D eigenvalue weighted by Gasteiger charge is -2.05. The Kier molecular flexibility index (Phi) is 2.76. The number of halogens is 2. The zero-order valence-corrected chi connectivity index (χ0v) is 11.0. The predicted octanol–water partition coefficient (Wildman–Crippen LogP) is 4.46. The maximum Gasteiger partial charge on any atom is 0.162 e. The van der Waals surface area contributed by atoms with Crippen LogP contribution >= 0.6 is 22.9 Å². The normalized spacial score (nSPS) is 11.1. The number of fused-ring (bicyclic) bond motifs is 1. The van der Waals surface area contributed by atoms with Gasteiger partial charge in [-0.15, -0.1) is 11.3 Å². The Morgan fingerprint density at radius 1 is 1.22 bits per heavy atom. The van der Waals surface area contributed by atoms with E-state index in [1.807, 2.05) is 18.4 Å². The first kappa shape index (κ1) is 11.6. The predicted molar refractivity (Wildman–Crippen MR) is 72.6 cm³/mol. The number of nitrogens with zero attached hydrogens (tertiary/aromatic N) is 2. The highest BCUT2D eigenvalue weighted by Gasteiger charge is 2.11. The zero-order chi connectivity index (χ0) is 12.7. The van der Waals surface area contributed by atoms with Gasteiger partial charge < -0.3 is 0 Å². The molecule has 0 aliphatic carbocycles. The minimum Gasteiger partial charge on any atom is -0.217 e. The van der Waals surface area contributed by atoms with E-state index >= 15 is 0 Å². The lowest BCUT2D eigenvalue weighted by molar-refractivity contribution is 0.627. The number of aryl methyl sites for hydroxylation is 1. The minimum atomic E-state index is -0.264. The van der Waals surface area contributed by atoms with Gasteiger partial charge in [0.15, 0.2) is 5.82 Å². The maximum atomic E-state index is 13.1. The molecule has 0 amide bonds. The summed E-state index contributed by atoms with van der Waals surface area (Å²) in [6, 6.07) is 6.43. The fourth-order valence-electron chi connectivity index (χ4n) is 1.82. The molecule has 2 nitrogen and oxygen atoms in total. The Bertz CT molecular complexity index is 739. The van der Waals surface area contributed by atoms with E-state index in [2.05, 4.69) is 9.97 Å². The molecule has 0 fully saturated rings. The molecule has 0 aliphatic heterocycles. The molecule has 90 valence electrons. The van der Waals surface area contributed by atoms with Crippen molar-refractivity contribution in [1.29, 1.82) is 0 Å². The third-order valence-corrected chi connectivity index (χ3v) is 3.80. The highest BCUT2D eigenvalue weighted by Crippen LogP contribution is 2.29. The SMILES string of the molecule is Cc1cc(F)ccc1-c1nc(Cl)c2ccsc2n1. The van der Waals surface area contributed by atoms with Crippen molar-refractivity contribution in [2.75, 3.05) is 0 Å². The van der Waals surface area contributed by atoms with Gasteiger partial charge in [-0.25, -0.2) is 14.4 Å². The van der Waals surface area contributed by atoms with Crippen LogP contribution in [0.1, 0.15) is 5.56 Å². The second-order valence-corrected chi connectivity index (χ2v) is 5.19. The number of hydrogen-bond donors (Lipinski definition) is 0. The Morgan fingerprint density at radius 2 is 2.06 bits per heavy atom. The van der Waals surface area contributed by atoms with Crippen molar-refractivity contribution < 1.29 is 4.39 Å². The molecule has 0 bridgehead atoms. The zero-order valence-electron chi connectivity index (χ0n) is 9.45. The molecule has 0 spiro atoms. The summed E-state index contributed by atoms with van der Waals surface area (Å²) in [4.78, 5) is 9.57. The fourth-order valence-corrected chi connectivity index (χ4v) is 2.87. The molecule has 0 aliphatic rings. The van der Waals surface area contributed by atoms with E-state index in [0.29, 0.717) is 11.0 Å². The summed E-state index contributed by atoms with van der Waals surface area (Å²) >= 11 is 7.63. The van der Waals surface area contributed by atoms with Crippen molar-refractivity contribution in [3.8, 4) is 11.4 Å². The summed E-state index contributed by atoms with van der Waals surface area (Å²) in [5.41, 5.74) is 1.59. The first-order valence-electron chi connectivity index (χ1n) is 5.32. The second kappa shape index (κ2) is 4.30. The van der Waals surface area contributed by atoms with Crippen molar-refractivity contribution in [2.24, 2.45) is 0 Å². The molecule has 2 aromatic heterocycles. The molecule has 3 rings (SSSR count). The lowest BCUT2D eigenvalue weighted by Crippen LogP contribution is -1.92. The molecular formula is C13H8ClFN2S. The summed E-state index contributed by atoms with van der Waals surface area (Å²) in [5.74, 6) is 0.270. The Labute approximate surface area is 112 Å². The largest absolute Gasteiger partial charge is 0.217 e. The van der Waals surface area contributed by atoms with E-state index < -0.39 is 0 Å². The summed E-state index contributed by atoms with van der Waals surface area (Å²) in [7, 11) is 0. The lowest BCUT2D eigenvalue weighted by atomic mass is 10.1. The van der Waals surface area contributed by atoms with Crippen LogP contribution in [-0.2, 0) is 0 Å². The molecule has 0 atom stereocenters. The first-order valence-corrected chi connectivity index (χ1v) is 6.58. The van der Waals surface area contributed by atoms with Gasteiger partial charge >= 0.3 is 0 Å². The maximum absolute atomic E-state index is 13.1. The summed E-state index contributed by atoms with van der Waals surface area (Å²) in [5, 5.41) is 3.21. The van der Waals surface area contributed by atoms with Gasteiger partial charge in [-0.05, 0) is 42.1 Å². The highest BCUT2D eigenvalue weighted by molar-refractivity contribution is 7.16. The summed E-state index contributed by atoms with van der Waals surface area (Å²) in [6.45, 7) is 1.83. The van der Waals surface area contributed by atoms with E-state index in [4.69, 9.17) is 11.6 Å². The molecule has 5 heteroatoms. The molecule has 0 N–H and O–H groups in total. The van der Waals surface area contributed by atoms with Crippen molar-refractivity contribution >= 4 is 33.2 Å². The molecule has 3 aromatic rings. The Hall–Kier alpha value is -1.52. The van der Waals surface area contributed by atoms with Gasteiger partial charge in [0.2, 0.25) is 0 Å². The van der Waals surface area contributed by atoms with Gasteiger partial charge in [0, 0.05) is 10.9 Å². The number of benzene rings is 1. The van der Waals surface area contributed by atoms with Crippen LogP contribution in [0.25, 0.3) is 21.6 Å². The van der Waals surface area contributed by atoms with Crippen LogP contribution in [-0.4, -0.2) is 9.97 Å². The smallest absolute Gasteiger partial charge is 0.162 e. The van der Waals surface area contributed by atoms with Crippen molar-refractivity contribution in [1.82, 2.24) is 9.97 Å². The Balaban J connectivity index is 2.24. The van der Waals surface area contributed by atoms with Crippen LogP contribution in [0.5, 0.6) is 0 Å². The van der Waals surface area contributed by atoms with Crippen molar-refractivity contribution in [3.05, 3.63) is 46.2 Å². The fraction of sp³-hybridized carbons (Fsp3) is 0.0769. The highest BCUT2D eigenvalue weighted by atomic mass is 35.5. The van der Waals surface area contributed by atoms with Crippen LogP contribution in [0.15, 0.2) is 29.6 Å². The molecule has 0 saturated heterocycles. The number of aromatic nitrogens is 2. The molecule has 0 saturated carbocycles. The van der Waals surface area contributed by atoms with Crippen LogP contribution in [0.3, 0.4) is 0 Å². The van der Waals surface area contributed by atoms with Gasteiger partial charge in [-0.1, -0.05) is 11.6 Å². The van der Waals surface area contributed by atoms with Crippen LogP contribution < -0.4 is 0 Å². The van der Waals surface area contributed by atoms with Gasteiger partial charge in [0.05, 0.1) is 0 Å². The van der Waals surface area contributed by atoms with E-state index in [9.17, 15) is 4.39 Å². The number of hydrogen-bond acceptors (Lipinski definition) is 3. The summed E-state index contributed by atoms with van der Waals surface area (Å²) in [6.07, 6.45) is 0.